The first kappa shape index (κ1) is 21.7. The lowest BCUT2D eigenvalue weighted by molar-refractivity contribution is 0.151. The van der Waals surface area contributed by atoms with Crippen LogP contribution in [0.15, 0.2) is 18.2 Å². The number of unbranched alkanes of at least 4 members (excludes halogenated alkanes) is 4. The Balaban J connectivity index is 0.00000149. The standard InChI is InChI=1S/C17H28O3.C2H6O/c1-3-4-5-6-7-8-15(18)11-9-14-10-12-16(19)17(13-14)20-2;1-2-3/h10,12-13,15,18-19H,3-9,11H2,1-2H3;3H,2H2,1H3. The van der Waals surface area contributed by atoms with Crippen molar-refractivity contribution in [2.45, 2.75) is 71.3 Å². The molecule has 1 atom stereocenters. The van der Waals surface area contributed by atoms with Crippen molar-refractivity contribution in [3.63, 3.8) is 0 Å². The summed E-state index contributed by atoms with van der Waals surface area (Å²) >= 11 is 0. The van der Waals surface area contributed by atoms with Gasteiger partial charge in [-0.05, 0) is 43.9 Å². The second kappa shape index (κ2) is 14.3. The molecular weight excluding hydrogens is 292 g/mol. The molecule has 0 aliphatic rings. The minimum absolute atomic E-state index is 0.160. The van der Waals surface area contributed by atoms with Crippen molar-refractivity contribution in [2.75, 3.05) is 13.7 Å². The van der Waals surface area contributed by atoms with Gasteiger partial charge in [0.15, 0.2) is 11.5 Å². The lowest BCUT2D eigenvalue weighted by atomic mass is 10.0. The fourth-order valence-corrected chi connectivity index (χ4v) is 2.34. The van der Waals surface area contributed by atoms with E-state index in [-0.39, 0.29) is 18.5 Å². The Hall–Kier alpha value is -1.26. The average molecular weight is 326 g/mol. The van der Waals surface area contributed by atoms with Crippen LogP contribution in [0.5, 0.6) is 11.5 Å². The lowest BCUT2D eigenvalue weighted by Gasteiger charge is -2.11. The van der Waals surface area contributed by atoms with Crippen molar-refractivity contribution in [2.24, 2.45) is 0 Å². The first-order valence-corrected chi connectivity index (χ1v) is 8.73. The summed E-state index contributed by atoms with van der Waals surface area (Å²) < 4.78 is 5.08. The lowest BCUT2D eigenvalue weighted by Crippen LogP contribution is -2.07. The van der Waals surface area contributed by atoms with Crippen LogP contribution in [-0.4, -0.2) is 35.1 Å². The van der Waals surface area contributed by atoms with Gasteiger partial charge < -0.3 is 20.1 Å². The molecule has 0 aliphatic carbocycles. The molecule has 1 unspecified atom stereocenters. The van der Waals surface area contributed by atoms with E-state index in [2.05, 4.69) is 6.92 Å². The Labute approximate surface area is 141 Å². The SMILES string of the molecule is CCCCCCCC(O)CCc1ccc(O)c(OC)c1.CCO. The van der Waals surface area contributed by atoms with Crippen molar-refractivity contribution in [3.05, 3.63) is 23.8 Å². The quantitative estimate of drug-likeness (QED) is 0.567. The number of aliphatic hydroxyl groups is 2. The number of aromatic hydroxyl groups is 1. The van der Waals surface area contributed by atoms with Gasteiger partial charge in [-0.1, -0.05) is 45.1 Å². The number of aliphatic hydroxyl groups excluding tert-OH is 2. The molecule has 0 saturated heterocycles. The van der Waals surface area contributed by atoms with Crippen LogP contribution in [0.1, 0.15) is 64.4 Å². The van der Waals surface area contributed by atoms with Gasteiger partial charge in [0.1, 0.15) is 0 Å². The average Bonchev–Trinajstić information content (AvgIpc) is 2.54. The molecule has 0 spiro atoms. The van der Waals surface area contributed by atoms with Crippen LogP contribution in [0.2, 0.25) is 0 Å². The molecule has 1 aromatic rings. The minimum atomic E-state index is -0.226. The summed E-state index contributed by atoms with van der Waals surface area (Å²) in [4.78, 5) is 0. The Morgan fingerprint density at radius 3 is 2.30 bits per heavy atom. The first-order valence-electron chi connectivity index (χ1n) is 8.73. The highest BCUT2D eigenvalue weighted by molar-refractivity contribution is 5.41. The number of hydrogen-bond donors (Lipinski definition) is 3. The van der Waals surface area contributed by atoms with Crippen LogP contribution >= 0.6 is 0 Å². The second-order valence-electron chi connectivity index (χ2n) is 5.72. The number of ether oxygens (including phenoxy) is 1. The number of hydrogen-bond acceptors (Lipinski definition) is 4. The van der Waals surface area contributed by atoms with Crippen molar-refractivity contribution < 1.29 is 20.1 Å². The summed E-state index contributed by atoms with van der Waals surface area (Å²) in [7, 11) is 1.55. The zero-order valence-corrected chi connectivity index (χ0v) is 14.9. The predicted octanol–water partition coefficient (Wildman–Crippen LogP) is 4.05. The molecule has 0 heterocycles. The van der Waals surface area contributed by atoms with Crippen LogP contribution in [0.25, 0.3) is 0 Å². The van der Waals surface area contributed by atoms with Crippen molar-refractivity contribution in [1.29, 1.82) is 0 Å². The Morgan fingerprint density at radius 2 is 1.70 bits per heavy atom. The topological polar surface area (TPSA) is 69.9 Å². The molecule has 4 heteroatoms. The Bertz CT molecular complexity index is 393. The van der Waals surface area contributed by atoms with Gasteiger partial charge in [-0.3, -0.25) is 0 Å². The van der Waals surface area contributed by atoms with Crippen LogP contribution in [0, 0.1) is 0 Å². The number of benzene rings is 1. The van der Waals surface area contributed by atoms with Gasteiger partial charge in [0, 0.05) is 6.61 Å². The third-order valence-electron chi connectivity index (χ3n) is 3.65. The summed E-state index contributed by atoms with van der Waals surface area (Å²) in [6.07, 6.45) is 8.40. The summed E-state index contributed by atoms with van der Waals surface area (Å²) in [5.41, 5.74) is 1.09. The van der Waals surface area contributed by atoms with Gasteiger partial charge in [0.05, 0.1) is 13.2 Å². The van der Waals surface area contributed by atoms with Gasteiger partial charge in [-0.25, -0.2) is 0 Å². The highest BCUT2D eigenvalue weighted by Crippen LogP contribution is 2.27. The summed E-state index contributed by atoms with van der Waals surface area (Å²) in [6.45, 7) is 4.14. The number of phenolic OH excluding ortho intramolecular Hbond substituents is 1. The van der Waals surface area contributed by atoms with Gasteiger partial charge in [-0.15, -0.1) is 0 Å². The minimum Gasteiger partial charge on any atom is -0.504 e. The van der Waals surface area contributed by atoms with E-state index in [4.69, 9.17) is 9.84 Å². The molecule has 1 rings (SSSR count). The number of methoxy groups -OCH3 is 1. The smallest absolute Gasteiger partial charge is 0.160 e. The molecule has 4 nitrogen and oxygen atoms in total. The van der Waals surface area contributed by atoms with E-state index in [0.29, 0.717) is 5.75 Å². The summed E-state index contributed by atoms with van der Waals surface area (Å²) in [5, 5.41) is 27.1. The zero-order chi connectivity index (χ0) is 17.5. The van der Waals surface area contributed by atoms with Crippen molar-refractivity contribution in [1.82, 2.24) is 0 Å². The van der Waals surface area contributed by atoms with Crippen LogP contribution < -0.4 is 4.74 Å². The Morgan fingerprint density at radius 1 is 1.04 bits per heavy atom. The molecule has 1 aromatic carbocycles. The molecule has 0 bridgehead atoms. The van der Waals surface area contributed by atoms with Gasteiger partial charge in [0.2, 0.25) is 0 Å². The molecule has 23 heavy (non-hydrogen) atoms. The number of rotatable bonds is 10. The molecular formula is C19H34O4. The molecule has 0 saturated carbocycles. The van der Waals surface area contributed by atoms with Crippen LogP contribution in [0.4, 0.5) is 0 Å². The van der Waals surface area contributed by atoms with Gasteiger partial charge in [0.25, 0.3) is 0 Å². The van der Waals surface area contributed by atoms with E-state index in [1.54, 1.807) is 20.1 Å². The maximum atomic E-state index is 9.97. The van der Waals surface area contributed by atoms with E-state index in [9.17, 15) is 10.2 Å². The third kappa shape index (κ3) is 11.0. The van der Waals surface area contributed by atoms with Gasteiger partial charge >= 0.3 is 0 Å². The third-order valence-corrected chi connectivity index (χ3v) is 3.65. The van der Waals surface area contributed by atoms with E-state index in [0.717, 1.165) is 31.2 Å². The molecule has 134 valence electrons. The maximum Gasteiger partial charge on any atom is 0.160 e. The fraction of sp³-hybridized carbons (Fsp3) is 0.684. The maximum absolute atomic E-state index is 9.97. The second-order valence-corrected chi connectivity index (χ2v) is 5.72. The molecule has 3 N–H and O–H groups in total. The van der Waals surface area contributed by atoms with E-state index >= 15 is 0 Å². The summed E-state index contributed by atoms with van der Waals surface area (Å²) in [6, 6.07) is 5.36. The number of aryl methyl sites for hydroxylation is 1. The largest absolute Gasteiger partial charge is 0.504 e. The van der Waals surface area contributed by atoms with E-state index in [1.165, 1.54) is 25.7 Å². The van der Waals surface area contributed by atoms with Crippen LogP contribution in [-0.2, 0) is 6.42 Å². The molecule has 0 amide bonds. The van der Waals surface area contributed by atoms with Crippen LogP contribution in [0.3, 0.4) is 0 Å². The molecule has 0 aliphatic heterocycles. The fourth-order valence-electron chi connectivity index (χ4n) is 2.34. The highest BCUT2D eigenvalue weighted by Gasteiger charge is 2.07. The zero-order valence-electron chi connectivity index (χ0n) is 14.9. The van der Waals surface area contributed by atoms with Gasteiger partial charge in [-0.2, -0.15) is 0 Å². The van der Waals surface area contributed by atoms with Crippen molar-refractivity contribution in [3.8, 4) is 11.5 Å². The number of phenols is 1. The van der Waals surface area contributed by atoms with Crippen molar-refractivity contribution >= 4 is 0 Å². The molecule has 0 aromatic heterocycles. The molecule has 0 fully saturated rings. The van der Waals surface area contributed by atoms with E-state index < -0.39 is 0 Å². The first-order chi connectivity index (χ1) is 11.1. The normalized spacial score (nSPS) is 11.5. The van der Waals surface area contributed by atoms with E-state index in [1.807, 2.05) is 12.1 Å². The molecule has 0 radical (unpaired) electrons. The summed E-state index contributed by atoms with van der Waals surface area (Å²) in [5.74, 6) is 0.657. The monoisotopic (exact) mass is 326 g/mol. The Kier molecular flexibility index (Phi) is 13.6. The highest BCUT2D eigenvalue weighted by atomic mass is 16.5. The predicted molar refractivity (Wildman–Crippen MR) is 95.1 cm³/mol.